The van der Waals surface area contributed by atoms with Crippen molar-refractivity contribution in [3.8, 4) is 0 Å². The number of hydrogen-bond donors (Lipinski definition) is 10. The summed E-state index contributed by atoms with van der Waals surface area (Å²) in [7, 11) is 1.37. The van der Waals surface area contributed by atoms with Crippen molar-refractivity contribution in [1.29, 1.82) is 0 Å². The lowest BCUT2D eigenvalue weighted by atomic mass is 9.97. The van der Waals surface area contributed by atoms with Gasteiger partial charge in [0.1, 0.15) is 18.1 Å². The molecule has 26 heteroatoms. The van der Waals surface area contributed by atoms with Crippen LogP contribution in [0.3, 0.4) is 0 Å². The third-order valence-corrected chi connectivity index (χ3v) is 9.88. The van der Waals surface area contributed by atoms with Gasteiger partial charge < -0.3 is 51.1 Å². The van der Waals surface area contributed by atoms with Gasteiger partial charge in [0, 0.05) is 39.3 Å². The molecule has 0 aliphatic heterocycles. The predicted octanol–water partition coefficient (Wildman–Crippen LogP) is -0.260. The number of aliphatic carboxylic acids is 8. The Hall–Kier alpha value is -7.80. The number of aliphatic hydroxyl groups is 2. The number of carboxylic acid groups (broad SMARTS) is 8. The molecule has 5 unspecified atom stereocenters. The lowest BCUT2D eigenvalue weighted by Gasteiger charge is -2.37. The van der Waals surface area contributed by atoms with Gasteiger partial charge in [-0.1, -0.05) is 73.8 Å². The average molecular weight is 993 g/mol. The fourth-order valence-corrected chi connectivity index (χ4v) is 6.67. The van der Waals surface area contributed by atoms with Gasteiger partial charge in [0.2, 0.25) is 0 Å². The highest BCUT2D eigenvalue weighted by Crippen LogP contribution is 2.28. The van der Waals surface area contributed by atoms with Crippen LogP contribution in [0, 0.1) is 0 Å². The Morgan fingerprint density at radius 2 is 1.00 bits per heavy atom. The van der Waals surface area contributed by atoms with Gasteiger partial charge >= 0.3 is 60.1 Å². The van der Waals surface area contributed by atoms with Gasteiger partial charge in [-0.2, -0.15) is 19.2 Å². The number of rotatable bonds is 31. The van der Waals surface area contributed by atoms with Crippen LogP contribution in [0.25, 0.3) is 12.2 Å². The highest BCUT2D eigenvalue weighted by Gasteiger charge is 2.36. The zero-order valence-electron chi connectivity index (χ0n) is 37.7. The van der Waals surface area contributed by atoms with E-state index in [9.17, 15) is 69.0 Å². The number of aliphatic hydroxyl groups excluding tert-OH is 2. The normalized spacial score (nSPS) is 12.6. The smallest absolute Gasteiger partial charge is 0.373 e. The molecule has 2 aromatic rings. The summed E-state index contributed by atoms with van der Waals surface area (Å²) in [6.45, 7) is 5.75. The zero-order valence-corrected chi connectivity index (χ0v) is 37.7. The molecule has 384 valence electrons. The summed E-state index contributed by atoms with van der Waals surface area (Å²) in [4.78, 5) is 128. The van der Waals surface area contributed by atoms with E-state index in [1.165, 1.54) is 22.9 Å². The van der Waals surface area contributed by atoms with Crippen LogP contribution < -0.4 is 0 Å². The van der Waals surface area contributed by atoms with Gasteiger partial charge in [-0.25, -0.2) is 0 Å². The quantitative estimate of drug-likeness (QED) is 0.0465. The van der Waals surface area contributed by atoms with Crippen LogP contribution in [-0.2, 0) is 57.5 Å². The SMILES string of the molecule is C=Cc1ccccc1C(CO)N(CCN(C)C(CC(=O)O)C(=O)O)C(CC(=O)O)C(=O)O.C=Cc1ccccc1C(O)CN(CCC(=O)O)CCN(CC(=O)O)C(CC(=O)O)C(=O)O.O=C=O.O=C=O. The van der Waals surface area contributed by atoms with Crippen LogP contribution in [0.2, 0.25) is 0 Å². The van der Waals surface area contributed by atoms with Crippen molar-refractivity contribution in [1.82, 2.24) is 19.6 Å². The second kappa shape index (κ2) is 35.4. The molecular formula is C44H56N4O22. The molecule has 2 aromatic carbocycles. The standard InChI is InChI=1S/2C21H28N2O9.2CO2/c1-3-13-6-4-5-7-14(13)17(12-24)23(16(21(31)32)11-19(27)28)9-8-22(2)15(20(29)30)10-18(25)26;1-2-14-5-3-4-6-15(14)17(24)12-22(8-7-18(25)26)9-10-23(13-20(29)30)16(21(31)32)11-19(27)28;2*2-1-3/h3-7,15-17,24H,1,8-12H2,2H3,(H,25,26)(H,27,28)(H,29,30)(H,31,32);2-6,16-17,24H,1,7-13H2,(H,25,26)(H,27,28)(H,29,30)(H,31,32);;. The molecule has 0 aliphatic rings. The fraction of sp³-hybridized carbons (Fsp3) is 0.409. The van der Waals surface area contributed by atoms with Gasteiger partial charge in [-0.15, -0.1) is 0 Å². The van der Waals surface area contributed by atoms with Crippen molar-refractivity contribution in [2.24, 2.45) is 0 Å². The molecular weight excluding hydrogens is 936 g/mol. The van der Waals surface area contributed by atoms with Crippen LogP contribution in [0.15, 0.2) is 61.7 Å². The number of carboxylic acids is 8. The summed E-state index contributed by atoms with van der Waals surface area (Å²) in [6, 6.07) is 8.30. The molecule has 0 bridgehead atoms. The van der Waals surface area contributed by atoms with Crippen molar-refractivity contribution in [2.75, 3.05) is 59.5 Å². The summed E-state index contributed by atoms with van der Waals surface area (Å²) in [6.07, 6.45) is 0.0789. The summed E-state index contributed by atoms with van der Waals surface area (Å²) in [5, 5.41) is 94.5. The van der Waals surface area contributed by atoms with Crippen molar-refractivity contribution >= 4 is 72.2 Å². The van der Waals surface area contributed by atoms with E-state index in [-0.39, 0.29) is 58.0 Å². The highest BCUT2D eigenvalue weighted by molar-refractivity contribution is 5.82. The second-order valence-corrected chi connectivity index (χ2v) is 14.4. The van der Waals surface area contributed by atoms with E-state index in [0.29, 0.717) is 22.3 Å². The Bertz CT molecular complexity index is 2130. The van der Waals surface area contributed by atoms with Gasteiger partial charge in [-0.3, -0.25) is 58.0 Å². The van der Waals surface area contributed by atoms with Crippen LogP contribution in [0.1, 0.15) is 60.1 Å². The molecule has 70 heavy (non-hydrogen) atoms. The van der Waals surface area contributed by atoms with E-state index in [1.807, 2.05) is 0 Å². The number of hydrogen-bond acceptors (Lipinski definition) is 18. The minimum absolute atomic E-state index is 0.00425. The van der Waals surface area contributed by atoms with Gasteiger partial charge in [0.05, 0.1) is 51.0 Å². The van der Waals surface area contributed by atoms with Crippen LogP contribution >= 0.6 is 0 Å². The third-order valence-electron chi connectivity index (χ3n) is 9.88. The van der Waals surface area contributed by atoms with Gasteiger partial charge in [0.15, 0.2) is 0 Å². The Labute approximate surface area is 399 Å². The Morgan fingerprint density at radius 1 is 0.571 bits per heavy atom. The molecule has 0 saturated heterocycles. The van der Waals surface area contributed by atoms with E-state index in [1.54, 1.807) is 59.5 Å². The van der Waals surface area contributed by atoms with Gasteiger partial charge in [0.25, 0.3) is 0 Å². The van der Waals surface area contributed by atoms with E-state index < -0.39 is 110 Å². The van der Waals surface area contributed by atoms with Crippen molar-refractivity contribution in [2.45, 2.75) is 56.0 Å². The summed E-state index contributed by atoms with van der Waals surface area (Å²) in [5.74, 6) is -10.8. The minimum Gasteiger partial charge on any atom is -0.481 e. The fourth-order valence-electron chi connectivity index (χ4n) is 6.67. The first-order valence-electron chi connectivity index (χ1n) is 20.3. The molecule has 26 nitrogen and oxygen atoms in total. The Balaban J connectivity index is 0. The first kappa shape index (κ1) is 64.3. The summed E-state index contributed by atoms with van der Waals surface area (Å²) in [5.41, 5.74) is 2.39. The molecule has 0 fully saturated rings. The first-order valence-corrected chi connectivity index (χ1v) is 20.3. The predicted molar refractivity (Wildman–Crippen MR) is 236 cm³/mol. The first-order chi connectivity index (χ1) is 32.9. The number of nitrogens with zero attached hydrogens (tertiary/aromatic N) is 4. The summed E-state index contributed by atoms with van der Waals surface area (Å²) >= 11 is 0. The molecule has 0 amide bonds. The third kappa shape index (κ3) is 25.4. The van der Waals surface area contributed by atoms with E-state index >= 15 is 0 Å². The molecule has 0 aromatic heterocycles. The monoisotopic (exact) mass is 992 g/mol. The lowest BCUT2D eigenvalue weighted by molar-refractivity contribution is -0.193. The molecule has 0 aliphatic carbocycles. The van der Waals surface area contributed by atoms with E-state index in [4.69, 9.17) is 39.6 Å². The van der Waals surface area contributed by atoms with E-state index in [0.717, 1.165) is 4.90 Å². The van der Waals surface area contributed by atoms with Crippen LogP contribution in [-0.4, -0.2) is 208 Å². The van der Waals surface area contributed by atoms with Gasteiger partial charge in [-0.05, 0) is 29.3 Å². The zero-order chi connectivity index (χ0) is 54.1. The lowest BCUT2D eigenvalue weighted by Crippen LogP contribution is -2.50. The average Bonchev–Trinajstić information content (AvgIpc) is 3.28. The number of carbonyl (C=O) groups excluding carboxylic acids is 4. The number of benzene rings is 2. The molecule has 0 saturated carbocycles. The van der Waals surface area contributed by atoms with Crippen molar-refractivity contribution < 1.29 is 109 Å². The summed E-state index contributed by atoms with van der Waals surface area (Å²) < 4.78 is 0. The maximum absolute atomic E-state index is 11.9. The van der Waals surface area contributed by atoms with Crippen LogP contribution in [0.4, 0.5) is 0 Å². The highest BCUT2D eigenvalue weighted by atomic mass is 16.4. The maximum Gasteiger partial charge on any atom is 0.373 e. The molecule has 0 spiro atoms. The molecule has 0 heterocycles. The Kier molecular flexibility index (Phi) is 32.5. The number of likely N-dealkylation sites (N-methyl/N-ethyl adjacent to an activating group) is 1. The Morgan fingerprint density at radius 3 is 1.41 bits per heavy atom. The molecule has 10 N–H and O–H groups in total. The molecule has 0 radical (unpaired) electrons. The second-order valence-electron chi connectivity index (χ2n) is 14.4. The molecule has 5 atom stereocenters. The van der Waals surface area contributed by atoms with Crippen molar-refractivity contribution in [3.05, 3.63) is 83.9 Å². The minimum atomic E-state index is -1.57. The largest absolute Gasteiger partial charge is 0.481 e. The van der Waals surface area contributed by atoms with Crippen LogP contribution in [0.5, 0.6) is 0 Å². The number of carbonyl (C=O) groups is 8. The topological polar surface area (TPSA) is 420 Å². The van der Waals surface area contributed by atoms with Crippen molar-refractivity contribution in [3.63, 3.8) is 0 Å². The van der Waals surface area contributed by atoms with E-state index in [2.05, 4.69) is 13.2 Å². The maximum atomic E-state index is 11.9. The molecule has 2 rings (SSSR count).